The van der Waals surface area contributed by atoms with Gasteiger partial charge in [-0.25, -0.2) is 9.78 Å². The fourth-order valence-corrected chi connectivity index (χ4v) is 5.37. The first-order valence-corrected chi connectivity index (χ1v) is 13.2. The monoisotopic (exact) mass is 560 g/mol. The van der Waals surface area contributed by atoms with E-state index in [1.54, 1.807) is 0 Å². The van der Waals surface area contributed by atoms with Crippen molar-refractivity contribution < 1.29 is 29.3 Å². The molecule has 1 saturated heterocycles. The zero-order valence-corrected chi connectivity index (χ0v) is 21.8. The number of rotatable bonds is 8. The number of anilines is 1. The number of aromatic amines is 1. The maximum atomic E-state index is 12.5. The van der Waals surface area contributed by atoms with Crippen molar-refractivity contribution in [2.24, 2.45) is 0 Å². The van der Waals surface area contributed by atoms with Gasteiger partial charge in [-0.15, -0.1) is 0 Å². The number of fused-ring (bicyclic) bond motifs is 4. The highest BCUT2D eigenvalue weighted by molar-refractivity contribution is 5.90. The number of nitrogens with one attached hydrogen (secondary N) is 3. The number of aliphatic hydroxyl groups excluding tert-OH is 2. The van der Waals surface area contributed by atoms with Gasteiger partial charge >= 0.3 is 6.09 Å². The normalized spacial score (nSPS) is 19.6. The van der Waals surface area contributed by atoms with Crippen LogP contribution in [0.4, 0.5) is 10.7 Å². The molecule has 0 spiro atoms. The highest BCUT2D eigenvalue weighted by Gasteiger charge is 2.35. The molecule has 0 saturated carbocycles. The third-order valence-corrected chi connectivity index (χ3v) is 7.35. The smallest absolute Gasteiger partial charge is 0.407 e. The van der Waals surface area contributed by atoms with E-state index in [-0.39, 0.29) is 55.6 Å². The van der Waals surface area contributed by atoms with Crippen molar-refractivity contribution in [1.29, 1.82) is 0 Å². The third kappa shape index (κ3) is 5.17. The van der Waals surface area contributed by atoms with E-state index in [2.05, 4.69) is 37.7 Å². The third-order valence-electron chi connectivity index (χ3n) is 7.35. The summed E-state index contributed by atoms with van der Waals surface area (Å²) in [6, 6.07) is 16.1. The van der Waals surface area contributed by atoms with E-state index in [1.165, 1.54) is 10.9 Å². The van der Waals surface area contributed by atoms with E-state index in [9.17, 15) is 24.6 Å². The molecule has 5 N–H and O–H groups in total. The van der Waals surface area contributed by atoms with Crippen molar-refractivity contribution in [2.75, 3.05) is 25.1 Å². The Morgan fingerprint density at radius 1 is 1.12 bits per heavy atom. The molecular weight excluding hydrogens is 532 g/mol. The minimum absolute atomic E-state index is 0.00324. The van der Waals surface area contributed by atoms with Crippen LogP contribution >= 0.6 is 0 Å². The summed E-state index contributed by atoms with van der Waals surface area (Å²) in [7, 11) is 0. The van der Waals surface area contributed by atoms with Crippen molar-refractivity contribution in [3.05, 3.63) is 76.3 Å². The van der Waals surface area contributed by atoms with Crippen LogP contribution in [0.25, 0.3) is 22.3 Å². The molecule has 2 aromatic carbocycles. The molecule has 1 fully saturated rings. The lowest BCUT2D eigenvalue weighted by Crippen LogP contribution is -2.29. The second-order valence-corrected chi connectivity index (χ2v) is 9.90. The molecule has 1 aliphatic carbocycles. The number of hydrogen-bond acceptors (Lipinski definition) is 9. The Morgan fingerprint density at radius 3 is 2.51 bits per heavy atom. The first-order valence-electron chi connectivity index (χ1n) is 13.2. The number of hydrogen-bond donors (Lipinski definition) is 5. The van der Waals surface area contributed by atoms with Crippen molar-refractivity contribution in [2.45, 2.75) is 37.2 Å². The fraction of sp³-hybridized carbons (Fsp3) is 0.321. The number of benzene rings is 2. The van der Waals surface area contributed by atoms with Crippen LogP contribution in [0.3, 0.4) is 0 Å². The molecule has 13 heteroatoms. The van der Waals surface area contributed by atoms with Crippen LogP contribution in [0.15, 0.2) is 59.7 Å². The van der Waals surface area contributed by atoms with Gasteiger partial charge < -0.3 is 25.0 Å². The van der Waals surface area contributed by atoms with Gasteiger partial charge in [-0.3, -0.25) is 24.5 Å². The van der Waals surface area contributed by atoms with Gasteiger partial charge in [-0.2, -0.15) is 4.98 Å². The minimum Gasteiger partial charge on any atom is -0.449 e. The van der Waals surface area contributed by atoms with E-state index in [0.29, 0.717) is 0 Å². The molecule has 2 amide bonds. The van der Waals surface area contributed by atoms with E-state index in [4.69, 9.17) is 9.47 Å². The number of carbonyl (C=O) groups is 2. The Kier molecular flexibility index (Phi) is 7.22. The lowest BCUT2D eigenvalue weighted by molar-refractivity contribution is -0.116. The SMILES string of the molecule is O=C(CCNC(=O)OCC1c2ccccc2-c2ccccc21)Nc1nc2c(ncn2[C@H]2C[C@@H](O)[C@@H](CO)O2)c(=O)[nH]1. The predicted molar refractivity (Wildman–Crippen MR) is 146 cm³/mol. The highest BCUT2D eigenvalue weighted by atomic mass is 16.6. The van der Waals surface area contributed by atoms with Crippen LogP contribution in [-0.2, 0) is 14.3 Å². The fourth-order valence-electron chi connectivity index (χ4n) is 5.37. The second kappa shape index (κ2) is 11.1. The predicted octanol–water partition coefficient (Wildman–Crippen LogP) is 1.63. The number of nitrogens with zero attached hydrogens (tertiary/aromatic N) is 3. The van der Waals surface area contributed by atoms with Crippen LogP contribution in [0.5, 0.6) is 0 Å². The summed E-state index contributed by atoms with van der Waals surface area (Å²) >= 11 is 0. The summed E-state index contributed by atoms with van der Waals surface area (Å²) in [5.74, 6) is -0.673. The van der Waals surface area contributed by atoms with Gasteiger partial charge in [0.1, 0.15) is 18.9 Å². The van der Waals surface area contributed by atoms with Crippen molar-refractivity contribution in [1.82, 2.24) is 24.8 Å². The Bertz CT molecular complexity index is 1620. The molecule has 0 radical (unpaired) electrons. The lowest BCUT2D eigenvalue weighted by Gasteiger charge is -2.14. The average molecular weight is 561 g/mol. The Balaban J connectivity index is 1.03. The standard InChI is InChI=1S/C28H28N6O7/c35-12-21-20(36)11-23(41-21)34-14-30-24-25(34)32-27(33-26(24)38)31-22(37)9-10-29-28(39)40-13-19-17-7-3-1-5-15(17)16-6-2-4-8-18(16)19/h1-8,14,19-21,23,35-36H,9-13H2,(H,29,39)(H2,31,32,33,37,38)/t20-,21-,23-/m1/s1. The second-order valence-electron chi connectivity index (χ2n) is 9.90. The first-order chi connectivity index (χ1) is 19.9. The molecule has 2 aromatic heterocycles. The molecule has 3 atom stereocenters. The first kappa shape index (κ1) is 26.6. The zero-order chi connectivity index (χ0) is 28.5. The highest BCUT2D eigenvalue weighted by Crippen LogP contribution is 2.44. The number of aromatic nitrogens is 4. The Hall–Kier alpha value is -4.59. The average Bonchev–Trinajstić information content (AvgIpc) is 3.65. The largest absolute Gasteiger partial charge is 0.449 e. The number of carbonyl (C=O) groups excluding carboxylic acids is 2. The summed E-state index contributed by atoms with van der Waals surface area (Å²) in [5.41, 5.74) is 4.07. The topological polar surface area (TPSA) is 181 Å². The molecule has 0 unspecified atom stereocenters. The number of imidazole rings is 1. The molecule has 212 valence electrons. The molecule has 2 aliphatic rings. The van der Waals surface area contributed by atoms with Gasteiger partial charge in [0, 0.05) is 25.3 Å². The summed E-state index contributed by atoms with van der Waals surface area (Å²) in [5, 5.41) is 24.5. The van der Waals surface area contributed by atoms with E-state index < -0.39 is 36.0 Å². The summed E-state index contributed by atoms with van der Waals surface area (Å²) < 4.78 is 12.6. The van der Waals surface area contributed by atoms with Crippen LogP contribution in [0.1, 0.15) is 36.1 Å². The zero-order valence-electron chi connectivity index (χ0n) is 21.8. The number of alkyl carbamates (subject to hydrolysis) is 1. The minimum atomic E-state index is -0.882. The lowest BCUT2D eigenvalue weighted by atomic mass is 9.98. The van der Waals surface area contributed by atoms with Gasteiger partial charge in [-0.05, 0) is 22.3 Å². The van der Waals surface area contributed by atoms with Crippen LogP contribution in [-0.4, -0.2) is 73.7 Å². The van der Waals surface area contributed by atoms with E-state index in [1.807, 2.05) is 36.4 Å². The molecule has 3 heterocycles. The molecule has 0 bridgehead atoms. The van der Waals surface area contributed by atoms with Crippen LogP contribution < -0.4 is 16.2 Å². The molecule has 4 aromatic rings. The number of aliphatic hydroxyl groups is 2. The van der Waals surface area contributed by atoms with Crippen molar-refractivity contribution in [3.8, 4) is 11.1 Å². The molecule has 1 aliphatic heterocycles. The maximum absolute atomic E-state index is 12.5. The molecular formula is C28H28N6O7. The van der Waals surface area contributed by atoms with Crippen LogP contribution in [0, 0.1) is 0 Å². The maximum Gasteiger partial charge on any atom is 0.407 e. The quantitative estimate of drug-likeness (QED) is 0.214. The van der Waals surface area contributed by atoms with E-state index >= 15 is 0 Å². The van der Waals surface area contributed by atoms with Gasteiger partial charge in [0.25, 0.3) is 5.56 Å². The van der Waals surface area contributed by atoms with Gasteiger partial charge in [0.2, 0.25) is 11.9 Å². The Morgan fingerprint density at radius 2 is 1.83 bits per heavy atom. The molecule has 41 heavy (non-hydrogen) atoms. The van der Waals surface area contributed by atoms with Crippen molar-refractivity contribution in [3.63, 3.8) is 0 Å². The number of H-pyrrole nitrogens is 1. The summed E-state index contributed by atoms with van der Waals surface area (Å²) in [6.45, 7) is -0.196. The van der Waals surface area contributed by atoms with Gasteiger partial charge in [-0.1, -0.05) is 48.5 Å². The van der Waals surface area contributed by atoms with E-state index in [0.717, 1.165) is 22.3 Å². The number of amides is 2. The van der Waals surface area contributed by atoms with Gasteiger partial charge in [0.05, 0.1) is 19.0 Å². The van der Waals surface area contributed by atoms with Crippen LogP contribution in [0.2, 0.25) is 0 Å². The van der Waals surface area contributed by atoms with Gasteiger partial charge in [0.15, 0.2) is 11.2 Å². The molecule has 13 nitrogen and oxygen atoms in total. The molecule has 6 rings (SSSR count). The number of ether oxygens (including phenoxy) is 2. The van der Waals surface area contributed by atoms with Crippen molar-refractivity contribution >= 4 is 29.1 Å². The Labute approximate surface area is 233 Å². The summed E-state index contributed by atoms with van der Waals surface area (Å²) in [6.07, 6.45) is -1.54. The summed E-state index contributed by atoms with van der Waals surface area (Å²) in [4.78, 5) is 48.2.